The lowest BCUT2D eigenvalue weighted by molar-refractivity contribution is 0.0594. The summed E-state index contributed by atoms with van der Waals surface area (Å²) in [5.41, 5.74) is 0. The van der Waals surface area contributed by atoms with E-state index in [-0.39, 0.29) is 12.7 Å². The minimum Gasteiger partial charge on any atom is -0.394 e. The van der Waals surface area contributed by atoms with E-state index in [9.17, 15) is 0 Å². The average Bonchev–Trinajstić information content (AvgIpc) is 1.99. The lowest BCUT2D eigenvalue weighted by Crippen LogP contribution is -2.30. The van der Waals surface area contributed by atoms with Gasteiger partial charge in [-0.25, -0.2) is 0 Å². The van der Waals surface area contributed by atoms with Gasteiger partial charge in [0.15, 0.2) is 0 Å². The quantitative estimate of drug-likeness (QED) is 0.554. The first-order valence-electron chi connectivity index (χ1n) is 3.06. The second kappa shape index (κ2) is 5.81. The molecule has 1 atom stereocenters. The van der Waals surface area contributed by atoms with Gasteiger partial charge in [0.25, 0.3) is 0 Å². The molecule has 0 amide bonds. The van der Waals surface area contributed by atoms with Gasteiger partial charge in [-0.15, -0.1) is 0 Å². The van der Waals surface area contributed by atoms with Crippen molar-refractivity contribution in [3.63, 3.8) is 0 Å². The highest BCUT2D eigenvalue weighted by atomic mass is 28.3. The molecule has 5 heteroatoms. The molecule has 0 aromatic carbocycles. The first kappa shape index (κ1) is 10.1. The Morgan fingerprint density at radius 2 is 1.90 bits per heavy atom. The zero-order valence-corrected chi connectivity index (χ0v) is 7.69. The van der Waals surface area contributed by atoms with Crippen LogP contribution in [0.3, 0.4) is 0 Å². The summed E-state index contributed by atoms with van der Waals surface area (Å²) in [4.78, 5) is 0. The maximum Gasteiger partial charge on any atom is 0.484 e. The van der Waals surface area contributed by atoms with Gasteiger partial charge in [-0.05, 0) is 6.92 Å². The summed E-state index contributed by atoms with van der Waals surface area (Å²) in [5.74, 6) is 0. The van der Waals surface area contributed by atoms with Gasteiger partial charge < -0.3 is 18.4 Å². The van der Waals surface area contributed by atoms with E-state index in [0.717, 1.165) is 0 Å². The number of hydrogen-bond donors (Lipinski definition) is 1. The van der Waals surface area contributed by atoms with Crippen molar-refractivity contribution in [2.24, 2.45) is 0 Å². The molecule has 0 aliphatic rings. The van der Waals surface area contributed by atoms with Gasteiger partial charge in [-0.3, -0.25) is 0 Å². The van der Waals surface area contributed by atoms with Crippen molar-refractivity contribution in [3.05, 3.63) is 0 Å². The Morgan fingerprint density at radius 3 is 2.20 bits per heavy atom. The highest BCUT2D eigenvalue weighted by molar-refractivity contribution is 6.36. The lowest BCUT2D eigenvalue weighted by Gasteiger charge is -2.15. The van der Waals surface area contributed by atoms with Gasteiger partial charge in [0.2, 0.25) is 0 Å². The van der Waals surface area contributed by atoms with Crippen molar-refractivity contribution >= 4 is 9.53 Å². The third-order valence-corrected chi connectivity index (χ3v) is 2.44. The van der Waals surface area contributed by atoms with Crippen molar-refractivity contribution in [2.75, 3.05) is 20.8 Å². The topological polar surface area (TPSA) is 47.9 Å². The van der Waals surface area contributed by atoms with Crippen LogP contribution in [0.2, 0.25) is 0 Å². The number of hydrogen-bond acceptors (Lipinski definition) is 4. The van der Waals surface area contributed by atoms with Crippen molar-refractivity contribution in [3.8, 4) is 0 Å². The third-order valence-electron chi connectivity index (χ3n) is 0.985. The third kappa shape index (κ3) is 3.97. The molecule has 10 heavy (non-hydrogen) atoms. The summed E-state index contributed by atoms with van der Waals surface area (Å²) in [6.45, 7) is 1.76. The van der Waals surface area contributed by atoms with Crippen LogP contribution in [0.5, 0.6) is 0 Å². The number of aliphatic hydroxyl groups excluding tert-OH is 1. The van der Waals surface area contributed by atoms with Crippen LogP contribution in [0.25, 0.3) is 0 Å². The zero-order valence-electron chi connectivity index (χ0n) is 6.53. The molecular weight excluding hydrogens is 152 g/mol. The zero-order chi connectivity index (χ0) is 7.98. The minimum absolute atomic E-state index is 0.00375. The summed E-state index contributed by atoms with van der Waals surface area (Å²) < 4.78 is 14.9. The monoisotopic (exact) mass is 166 g/mol. The molecule has 0 aliphatic heterocycles. The van der Waals surface area contributed by atoms with Gasteiger partial charge in [-0.2, -0.15) is 0 Å². The molecule has 1 unspecified atom stereocenters. The van der Waals surface area contributed by atoms with Crippen LogP contribution in [0.4, 0.5) is 0 Å². The highest BCUT2D eigenvalue weighted by Crippen LogP contribution is 1.94. The molecule has 0 radical (unpaired) electrons. The van der Waals surface area contributed by atoms with Crippen molar-refractivity contribution in [1.82, 2.24) is 0 Å². The lowest BCUT2D eigenvalue weighted by atomic mass is 10.5. The molecule has 1 N–H and O–H groups in total. The first-order chi connectivity index (χ1) is 4.74. The Hall–Kier alpha value is 0.0569. The van der Waals surface area contributed by atoms with Crippen LogP contribution in [0.15, 0.2) is 0 Å². The highest BCUT2D eigenvalue weighted by Gasteiger charge is 2.14. The first-order valence-corrected chi connectivity index (χ1v) is 4.48. The molecule has 0 aromatic rings. The number of rotatable bonds is 5. The smallest absolute Gasteiger partial charge is 0.394 e. The number of aliphatic hydroxyl groups is 1. The summed E-state index contributed by atoms with van der Waals surface area (Å²) in [5, 5.41) is 8.56. The van der Waals surface area contributed by atoms with E-state index < -0.39 is 9.53 Å². The standard InChI is InChI=1S/C5H14O4Si/c1-5(4-6)9-10(7-2)8-3/h5-6,10H,4H2,1-3H3. The maximum atomic E-state index is 8.56. The molecule has 62 valence electrons. The SMILES string of the molecule is CO[SiH](OC)OC(C)CO. The molecule has 0 aromatic heterocycles. The molecule has 0 saturated carbocycles. The Balaban J connectivity index is 3.41. The predicted octanol–water partition coefficient (Wildman–Crippen LogP) is -0.606. The van der Waals surface area contributed by atoms with Crippen LogP contribution >= 0.6 is 0 Å². The van der Waals surface area contributed by atoms with Gasteiger partial charge >= 0.3 is 9.53 Å². The van der Waals surface area contributed by atoms with E-state index in [2.05, 4.69) is 0 Å². The molecule has 0 heterocycles. The van der Waals surface area contributed by atoms with Crippen LogP contribution < -0.4 is 0 Å². The van der Waals surface area contributed by atoms with Gasteiger partial charge in [-0.1, -0.05) is 0 Å². The summed E-state index contributed by atoms with van der Waals surface area (Å²) in [7, 11) is 1.14. The van der Waals surface area contributed by atoms with Crippen LogP contribution in [0.1, 0.15) is 6.92 Å². The van der Waals surface area contributed by atoms with Crippen molar-refractivity contribution in [1.29, 1.82) is 0 Å². The van der Waals surface area contributed by atoms with Crippen molar-refractivity contribution < 1.29 is 18.4 Å². The molecule has 0 aliphatic carbocycles. The fraction of sp³-hybridized carbons (Fsp3) is 1.00. The van der Waals surface area contributed by atoms with E-state index in [0.29, 0.717) is 0 Å². The Bertz CT molecular complexity index is 76.0. The van der Waals surface area contributed by atoms with Gasteiger partial charge in [0.05, 0.1) is 12.7 Å². The van der Waals surface area contributed by atoms with E-state index >= 15 is 0 Å². The summed E-state index contributed by atoms with van der Waals surface area (Å²) in [6, 6.07) is 0. The van der Waals surface area contributed by atoms with Gasteiger partial charge in [0.1, 0.15) is 0 Å². The van der Waals surface area contributed by atoms with Crippen LogP contribution in [0, 0.1) is 0 Å². The fourth-order valence-electron chi connectivity index (χ4n) is 0.440. The molecule has 0 rings (SSSR count). The Kier molecular flexibility index (Phi) is 5.85. The Labute approximate surface area is 62.7 Å². The second-order valence-corrected chi connectivity index (χ2v) is 3.68. The molecule has 0 fully saturated rings. The summed E-state index contributed by atoms with van der Waals surface area (Å²) in [6.07, 6.45) is -0.198. The fourth-order valence-corrected chi connectivity index (χ4v) is 1.32. The van der Waals surface area contributed by atoms with Crippen LogP contribution in [-0.2, 0) is 13.3 Å². The molecule has 0 spiro atoms. The summed E-state index contributed by atoms with van der Waals surface area (Å²) >= 11 is 0. The van der Waals surface area contributed by atoms with Gasteiger partial charge in [0, 0.05) is 14.2 Å². The minimum atomic E-state index is -1.93. The van der Waals surface area contributed by atoms with E-state index in [1.54, 1.807) is 6.92 Å². The average molecular weight is 166 g/mol. The van der Waals surface area contributed by atoms with Crippen LogP contribution in [-0.4, -0.2) is 41.6 Å². The normalized spacial score (nSPS) is 14.1. The van der Waals surface area contributed by atoms with Crippen molar-refractivity contribution in [2.45, 2.75) is 13.0 Å². The molecule has 0 saturated heterocycles. The molecule has 0 bridgehead atoms. The van der Waals surface area contributed by atoms with E-state index in [1.165, 1.54) is 14.2 Å². The largest absolute Gasteiger partial charge is 0.484 e. The predicted molar refractivity (Wildman–Crippen MR) is 38.8 cm³/mol. The molecule has 4 nitrogen and oxygen atoms in total. The molecular formula is C5H14O4Si. The Morgan fingerprint density at radius 1 is 1.40 bits per heavy atom. The maximum absolute atomic E-state index is 8.56. The van der Waals surface area contributed by atoms with E-state index in [1.807, 2.05) is 0 Å². The van der Waals surface area contributed by atoms with E-state index in [4.69, 9.17) is 18.4 Å². The second-order valence-electron chi connectivity index (χ2n) is 1.89.